The number of nitrogens with zero attached hydrogens (tertiary/aromatic N) is 1. The summed E-state index contributed by atoms with van der Waals surface area (Å²) in [7, 11) is 0. The molecule has 0 spiro atoms. The summed E-state index contributed by atoms with van der Waals surface area (Å²) >= 11 is 0. The van der Waals surface area contributed by atoms with Crippen LogP contribution in [0.25, 0.3) is 0 Å². The van der Waals surface area contributed by atoms with Crippen LogP contribution in [0.5, 0.6) is 0 Å². The van der Waals surface area contributed by atoms with Crippen LogP contribution in [0.4, 0.5) is 5.69 Å². The Bertz CT molecular complexity index is 573. The summed E-state index contributed by atoms with van der Waals surface area (Å²) in [5.41, 5.74) is 1.23. The van der Waals surface area contributed by atoms with Gasteiger partial charge in [-0.05, 0) is 37.5 Å². The van der Waals surface area contributed by atoms with Gasteiger partial charge in [0.2, 0.25) is 0 Å². The minimum Gasteiger partial charge on any atom is -0.296 e. The molecule has 0 unspecified atom stereocenters. The first kappa shape index (κ1) is 13.4. The highest BCUT2D eigenvalue weighted by Gasteiger charge is 2.50. The largest absolute Gasteiger partial charge is 0.296 e. The monoisotopic (exact) mass is 271 g/mol. The molecule has 0 amide bonds. The number of aryl methyl sites for hydroxylation is 1. The van der Waals surface area contributed by atoms with E-state index in [0.717, 1.165) is 5.69 Å². The summed E-state index contributed by atoms with van der Waals surface area (Å²) in [6.45, 7) is 8.17. The van der Waals surface area contributed by atoms with Gasteiger partial charge in [0, 0.05) is 6.42 Å². The number of hydroxylamine groups is 1. The fourth-order valence-electron chi connectivity index (χ4n) is 2.97. The zero-order chi connectivity index (χ0) is 14.5. The lowest BCUT2D eigenvalue weighted by Crippen LogP contribution is -2.49. The molecule has 1 aromatic carbocycles. The molecule has 0 N–H and O–H groups in total. The van der Waals surface area contributed by atoms with Crippen molar-refractivity contribution in [1.29, 1.82) is 0 Å². The van der Waals surface area contributed by atoms with E-state index in [9.17, 15) is 4.79 Å². The number of ketones is 1. The van der Waals surface area contributed by atoms with Crippen molar-refractivity contribution in [3.05, 3.63) is 42.0 Å². The Kier molecular flexibility index (Phi) is 2.80. The van der Waals surface area contributed by atoms with Crippen molar-refractivity contribution in [2.45, 2.75) is 45.8 Å². The molecule has 4 rings (SSSR count). The van der Waals surface area contributed by atoms with Crippen LogP contribution in [0, 0.1) is 12.3 Å². The smallest absolute Gasteiger partial charge is 0.171 e. The molecule has 3 nitrogen and oxygen atoms in total. The first-order valence-corrected chi connectivity index (χ1v) is 7.10. The van der Waals surface area contributed by atoms with Gasteiger partial charge in [-0.15, -0.1) is 0 Å². The minimum atomic E-state index is -0.838. The van der Waals surface area contributed by atoms with Crippen LogP contribution in [-0.4, -0.2) is 17.4 Å². The molecular formula is C17H21NO2. The summed E-state index contributed by atoms with van der Waals surface area (Å²) in [4.78, 5) is 18.5. The zero-order valence-electron chi connectivity index (χ0n) is 12.5. The van der Waals surface area contributed by atoms with E-state index in [-0.39, 0.29) is 17.2 Å². The van der Waals surface area contributed by atoms with Crippen molar-refractivity contribution < 1.29 is 9.63 Å². The van der Waals surface area contributed by atoms with E-state index < -0.39 is 5.60 Å². The molecule has 1 aliphatic carbocycles. The van der Waals surface area contributed by atoms with Gasteiger partial charge in [-0.2, -0.15) is 0 Å². The number of carbonyl (C=O) groups is 1. The fourth-order valence-corrected chi connectivity index (χ4v) is 2.97. The predicted molar refractivity (Wildman–Crippen MR) is 79.5 cm³/mol. The van der Waals surface area contributed by atoms with Crippen LogP contribution < -0.4 is 5.06 Å². The maximum Gasteiger partial charge on any atom is 0.171 e. The maximum absolute atomic E-state index is 12.4. The van der Waals surface area contributed by atoms with Crippen molar-refractivity contribution in [1.82, 2.24) is 0 Å². The van der Waals surface area contributed by atoms with Crippen molar-refractivity contribution in [3.63, 3.8) is 0 Å². The Labute approximate surface area is 120 Å². The molecule has 3 heteroatoms. The lowest BCUT2D eigenvalue weighted by molar-refractivity contribution is -0.137. The molecule has 1 aromatic rings. The molecule has 2 heterocycles. The SMILES string of the molecule is Cc1ccc(N2O[C@@]3(C)C=C[C@@H]2C(C)(C)CC3=O)cc1. The van der Waals surface area contributed by atoms with Gasteiger partial charge in [0.1, 0.15) is 0 Å². The number of carbonyl (C=O) groups excluding carboxylic acids is 1. The highest BCUT2D eigenvalue weighted by Crippen LogP contribution is 2.43. The van der Waals surface area contributed by atoms with E-state index >= 15 is 0 Å². The van der Waals surface area contributed by atoms with Gasteiger partial charge in [0.15, 0.2) is 11.4 Å². The number of fused-ring (bicyclic) bond motifs is 3. The first-order chi connectivity index (χ1) is 9.32. The third-order valence-electron chi connectivity index (χ3n) is 4.40. The Morgan fingerprint density at radius 3 is 2.50 bits per heavy atom. The molecule has 3 aliphatic rings. The lowest BCUT2D eigenvalue weighted by Gasteiger charge is -2.42. The molecular weight excluding hydrogens is 250 g/mol. The summed E-state index contributed by atoms with van der Waals surface area (Å²) in [5.74, 6) is 0.149. The molecule has 0 aromatic heterocycles. The number of hydrogen-bond donors (Lipinski definition) is 0. The summed E-state index contributed by atoms with van der Waals surface area (Å²) in [6.07, 6.45) is 4.57. The van der Waals surface area contributed by atoms with E-state index in [4.69, 9.17) is 4.84 Å². The van der Waals surface area contributed by atoms with E-state index in [0.29, 0.717) is 6.42 Å². The number of hydrogen-bond acceptors (Lipinski definition) is 3. The number of benzene rings is 1. The maximum atomic E-state index is 12.4. The second-order valence-electron chi connectivity index (χ2n) is 6.75. The zero-order valence-corrected chi connectivity index (χ0v) is 12.5. The summed E-state index contributed by atoms with van der Waals surface area (Å²) in [5, 5.41) is 1.91. The van der Waals surface area contributed by atoms with E-state index in [1.165, 1.54) is 5.56 Å². The molecule has 0 radical (unpaired) electrons. The number of anilines is 1. The topological polar surface area (TPSA) is 29.5 Å². The molecule has 0 saturated carbocycles. The second kappa shape index (κ2) is 4.19. The van der Waals surface area contributed by atoms with Crippen LogP contribution in [0.1, 0.15) is 32.8 Å². The van der Waals surface area contributed by atoms with Crippen LogP contribution >= 0.6 is 0 Å². The third-order valence-corrected chi connectivity index (χ3v) is 4.40. The molecule has 1 saturated heterocycles. The van der Waals surface area contributed by atoms with Gasteiger partial charge in [-0.3, -0.25) is 9.63 Å². The van der Waals surface area contributed by atoms with Gasteiger partial charge in [-0.1, -0.05) is 37.6 Å². The third kappa shape index (κ3) is 1.97. The van der Waals surface area contributed by atoms with Crippen LogP contribution in [-0.2, 0) is 9.63 Å². The Morgan fingerprint density at radius 1 is 1.20 bits per heavy atom. The van der Waals surface area contributed by atoms with Crippen LogP contribution in [0.15, 0.2) is 36.4 Å². The molecule has 1 fully saturated rings. The average Bonchev–Trinajstić information content (AvgIpc) is 2.50. The van der Waals surface area contributed by atoms with Gasteiger partial charge in [-0.25, -0.2) is 5.06 Å². The Morgan fingerprint density at radius 2 is 1.85 bits per heavy atom. The van der Waals surface area contributed by atoms with Crippen LogP contribution in [0.3, 0.4) is 0 Å². The van der Waals surface area contributed by atoms with Gasteiger partial charge in [0.25, 0.3) is 0 Å². The van der Waals surface area contributed by atoms with Crippen molar-refractivity contribution in [2.24, 2.45) is 5.41 Å². The fraction of sp³-hybridized carbons (Fsp3) is 0.471. The van der Waals surface area contributed by atoms with Gasteiger partial charge < -0.3 is 0 Å². The molecule has 2 aliphatic heterocycles. The highest BCUT2D eigenvalue weighted by molar-refractivity contribution is 5.91. The quantitative estimate of drug-likeness (QED) is 0.733. The molecule has 106 valence electrons. The van der Waals surface area contributed by atoms with E-state index in [2.05, 4.69) is 39.0 Å². The molecule has 2 bridgehead atoms. The number of Topliss-reactive ketones (excluding diaryl/α,β-unsaturated/α-hetero) is 1. The van der Waals surface area contributed by atoms with Gasteiger partial charge >= 0.3 is 0 Å². The number of rotatable bonds is 1. The van der Waals surface area contributed by atoms with E-state index in [1.54, 1.807) is 0 Å². The summed E-state index contributed by atoms with van der Waals surface area (Å²) < 4.78 is 0. The Hall–Kier alpha value is -1.61. The van der Waals surface area contributed by atoms with Crippen molar-refractivity contribution >= 4 is 11.5 Å². The van der Waals surface area contributed by atoms with Crippen molar-refractivity contribution in [3.8, 4) is 0 Å². The Balaban J connectivity index is 2.07. The van der Waals surface area contributed by atoms with Gasteiger partial charge in [0.05, 0.1) is 11.7 Å². The second-order valence-corrected chi connectivity index (χ2v) is 6.75. The normalized spacial score (nSPS) is 31.5. The minimum absolute atomic E-state index is 0.0738. The predicted octanol–water partition coefficient (Wildman–Crippen LogP) is 3.43. The lowest BCUT2D eigenvalue weighted by atomic mass is 9.80. The highest BCUT2D eigenvalue weighted by atomic mass is 16.7. The molecule has 2 atom stereocenters. The van der Waals surface area contributed by atoms with Crippen molar-refractivity contribution in [2.75, 3.05) is 5.06 Å². The summed E-state index contributed by atoms with van der Waals surface area (Å²) in [6, 6.07) is 8.31. The average molecular weight is 271 g/mol. The molecule has 20 heavy (non-hydrogen) atoms. The first-order valence-electron chi connectivity index (χ1n) is 7.10. The standard InChI is InChI=1S/C17H21NO2/c1-12-5-7-13(8-6-12)18-14-9-10-17(4,20-18)15(19)11-16(14,2)3/h5-10,14H,11H2,1-4H3/t14-,17+/m1/s1. The van der Waals surface area contributed by atoms with Crippen LogP contribution in [0.2, 0.25) is 0 Å². The van der Waals surface area contributed by atoms with E-state index in [1.807, 2.05) is 30.2 Å².